The molecule has 9 nitrogen and oxygen atoms in total. The Balaban J connectivity index is 1.29. The predicted molar refractivity (Wildman–Crippen MR) is 132 cm³/mol. The maximum Gasteiger partial charge on any atom is 0.268 e. The van der Waals surface area contributed by atoms with Crippen molar-refractivity contribution in [3.63, 3.8) is 0 Å². The molecule has 4 N–H and O–H groups in total. The Morgan fingerprint density at radius 1 is 1.21 bits per heavy atom. The fraction of sp³-hybridized carbons (Fsp3) is 0.520. The van der Waals surface area contributed by atoms with Crippen molar-refractivity contribution in [1.29, 1.82) is 0 Å². The highest BCUT2D eigenvalue weighted by Gasteiger charge is 2.43. The Labute approximate surface area is 199 Å². The molecule has 5 heterocycles. The zero-order chi connectivity index (χ0) is 23.4. The lowest BCUT2D eigenvalue weighted by molar-refractivity contribution is 0.0876. The van der Waals surface area contributed by atoms with Gasteiger partial charge in [0, 0.05) is 37.3 Å². The number of carbonyl (C=O) groups excluding carboxylic acids is 1. The molecule has 0 bridgehead atoms. The summed E-state index contributed by atoms with van der Waals surface area (Å²) in [5, 5.41) is 7.22. The monoisotopic (exact) mass is 460 g/mol. The first-order valence-electron chi connectivity index (χ1n) is 12.4. The predicted octanol–water partition coefficient (Wildman–Crippen LogP) is 3.00. The van der Waals surface area contributed by atoms with E-state index in [-0.39, 0.29) is 11.4 Å². The van der Waals surface area contributed by atoms with Gasteiger partial charge in [-0.1, -0.05) is 26.7 Å². The van der Waals surface area contributed by atoms with Crippen LogP contribution >= 0.6 is 0 Å². The van der Waals surface area contributed by atoms with Crippen LogP contribution < -0.4 is 21.3 Å². The number of fused-ring (bicyclic) bond motifs is 4. The number of amides is 1. The first-order valence-corrected chi connectivity index (χ1v) is 12.4. The Bertz CT molecular complexity index is 1230. The summed E-state index contributed by atoms with van der Waals surface area (Å²) in [4.78, 5) is 28.9. The molecular weight excluding hydrogens is 428 g/mol. The molecular formula is C25H32N8O. The van der Waals surface area contributed by atoms with Crippen LogP contribution in [-0.4, -0.2) is 51.1 Å². The van der Waals surface area contributed by atoms with Crippen LogP contribution in [0.3, 0.4) is 0 Å². The second-order valence-corrected chi connectivity index (χ2v) is 10.3. The number of hydrogen-bond donors (Lipinski definition) is 3. The lowest BCUT2D eigenvalue weighted by Crippen LogP contribution is -2.50. The topological polar surface area (TPSA) is 114 Å². The fourth-order valence-corrected chi connectivity index (χ4v) is 6.20. The van der Waals surface area contributed by atoms with E-state index >= 15 is 0 Å². The number of nitrogens with zero attached hydrogens (tertiary/aromatic N) is 5. The molecule has 3 aromatic rings. The molecule has 1 spiro atoms. The molecule has 1 amide bonds. The third-order valence-corrected chi connectivity index (χ3v) is 8.31. The van der Waals surface area contributed by atoms with Crippen LogP contribution in [0, 0.1) is 11.8 Å². The van der Waals surface area contributed by atoms with Crippen LogP contribution in [0.2, 0.25) is 0 Å². The third-order valence-electron chi connectivity index (χ3n) is 8.31. The van der Waals surface area contributed by atoms with Crippen molar-refractivity contribution >= 4 is 34.4 Å². The smallest absolute Gasteiger partial charge is 0.268 e. The van der Waals surface area contributed by atoms with Crippen molar-refractivity contribution in [3.05, 3.63) is 36.3 Å². The highest BCUT2D eigenvalue weighted by Crippen LogP contribution is 2.41. The van der Waals surface area contributed by atoms with E-state index in [1.54, 1.807) is 6.20 Å². The zero-order valence-electron chi connectivity index (χ0n) is 19.8. The van der Waals surface area contributed by atoms with E-state index in [0.717, 1.165) is 36.1 Å². The minimum atomic E-state index is -0.0833. The first kappa shape index (κ1) is 21.3. The highest BCUT2D eigenvalue weighted by atomic mass is 16.2. The van der Waals surface area contributed by atoms with Crippen molar-refractivity contribution in [1.82, 2.24) is 24.8 Å². The van der Waals surface area contributed by atoms with E-state index in [1.807, 2.05) is 18.3 Å². The third kappa shape index (κ3) is 3.25. The van der Waals surface area contributed by atoms with Crippen LogP contribution in [0.1, 0.15) is 50.0 Å². The average Bonchev–Trinajstić information content (AvgIpc) is 3.54. The molecule has 3 atom stereocenters. The molecule has 1 saturated carbocycles. The molecule has 3 aliphatic rings. The van der Waals surface area contributed by atoms with E-state index in [9.17, 15) is 4.79 Å². The van der Waals surface area contributed by atoms with Gasteiger partial charge >= 0.3 is 0 Å². The highest BCUT2D eigenvalue weighted by molar-refractivity contribution is 5.99. The summed E-state index contributed by atoms with van der Waals surface area (Å²) in [6, 6.07) is 6.29. The number of hydrogen-bond acceptors (Lipinski definition) is 7. The van der Waals surface area contributed by atoms with Gasteiger partial charge in [0.1, 0.15) is 17.2 Å². The molecule has 1 saturated heterocycles. The molecule has 2 fully saturated rings. The molecule has 2 unspecified atom stereocenters. The lowest BCUT2D eigenvalue weighted by Gasteiger charge is -2.37. The molecule has 1 aliphatic carbocycles. The fourth-order valence-electron chi connectivity index (χ4n) is 6.20. The van der Waals surface area contributed by atoms with Gasteiger partial charge in [-0.3, -0.25) is 4.79 Å². The SMILES string of the molecule is CC1CN(c2ccc(Nc3ncc4cc5n(c4n3)C3(CCCC3)CNC5=O)nc2)C(CN)[C@H]1C. The maximum absolute atomic E-state index is 12.6. The van der Waals surface area contributed by atoms with E-state index in [1.165, 1.54) is 12.8 Å². The number of rotatable bonds is 4. The van der Waals surface area contributed by atoms with Crippen LogP contribution in [0.25, 0.3) is 11.0 Å². The summed E-state index contributed by atoms with van der Waals surface area (Å²) in [7, 11) is 0. The van der Waals surface area contributed by atoms with E-state index in [0.29, 0.717) is 48.4 Å². The summed E-state index contributed by atoms with van der Waals surface area (Å²) in [6.45, 7) is 6.85. The summed E-state index contributed by atoms with van der Waals surface area (Å²) >= 11 is 0. The molecule has 2 aliphatic heterocycles. The summed E-state index contributed by atoms with van der Waals surface area (Å²) in [5.41, 5.74) is 8.56. The molecule has 0 aromatic carbocycles. The van der Waals surface area contributed by atoms with Gasteiger partial charge in [-0.25, -0.2) is 9.97 Å². The van der Waals surface area contributed by atoms with Gasteiger partial charge in [-0.05, 0) is 42.9 Å². The Morgan fingerprint density at radius 2 is 2.03 bits per heavy atom. The van der Waals surface area contributed by atoms with Crippen LogP contribution in [0.15, 0.2) is 30.6 Å². The molecule has 34 heavy (non-hydrogen) atoms. The summed E-state index contributed by atoms with van der Waals surface area (Å²) in [5.74, 6) is 2.29. The average molecular weight is 461 g/mol. The van der Waals surface area contributed by atoms with E-state index in [2.05, 4.69) is 50.0 Å². The van der Waals surface area contributed by atoms with Crippen LogP contribution in [-0.2, 0) is 5.54 Å². The Kier molecular flexibility index (Phi) is 4.98. The number of nitrogens with two attached hydrogens (primary N) is 1. The van der Waals surface area contributed by atoms with Crippen LogP contribution in [0.4, 0.5) is 17.5 Å². The molecule has 3 aromatic heterocycles. The Morgan fingerprint density at radius 3 is 2.76 bits per heavy atom. The minimum absolute atomic E-state index is 0.0383. The first-order chi connectivity index (χ1) is 16.5. The number of anilines is 3. The summed E-state index contributed by atoms with van der Waals surface area (Å²) in [6.07, 6.45) is 8.13. The second kappa shape index (κ2) is 7.94. The van der Waals surface area contributed by atoms with Crippen molar-refractivity contribution < 1.29 is 4.79 Å². The number of carbonyl (C=O) groups is 1. The normalized spacial score (nSPS) is 25.7. The van der Waals surface area contributed by atoms with Crippen molar-refractivity contribution in [2.24, 2.45) is 17.6 Å². The van der Waals surface area contributed by atoms with Crippen molar-refractivity contribution in [2.45, 2.75) is 51.1 Å². The van der Waals surface area contributed by atoms with E-state index in [4.69, 9.17) is 10.7 Å². The van der Waals surface area contributed by atoms with Crippen LogP contribution in [0.5, 0.6) is 0 Å². The van der Waals surface area contributed by atoms with Gasteiger partial charge in [-0.2, -0.15) is 4.98 Å². The van der Waals surface area contributed by atoms with Gasteiger partial charge in [0.25, 0.3) is 5.91 Å². The molecule has 6 rings (SSSR count). The zero-order valence-corrected chi connectivity index (χ0v) is 19.8. The maximum atomic E-state index is 12.6. The molecule has 0 radical (unpaired) electrons. The number of nitrogens with one attached hydrogen (secondary N) is 2. The molecule has 178 valence electrons. The van der Waals surface area contributed by atoms with Gasteiger partial charge in [0.05, 0.1) is 17.4 Å². The van der Waals surface area contributed by atoms with Crippen molar-refractivity contribution in [2.75, 3.05) is 29.9 Å². The lowest BCUT2D eigenvalue weighted by atomic mass is 9.94. The second-order valence-electron chi connectivity index (χ2n) is 10.3. The quantitative estimate of drug-likeness (QED) is 0.548. The number of pyridine rings is 1. The van der Waals surface area contributed by atoms with Crippen molar-refractivity contribution in [3.8, 4) is 0 Å². The van der Waals surface area contributed by atoms with Gasteiger partial charge in [0.15, 0.2) is 0 Å². The summed E-state index contributed by atoms with van der Waals surface area (Å²) < 4.78 is 2.17. The Hall–Kier alpha value is -3.20. The van der Waals surface area contributed by atoms with Gasteiger partial charge in [-0.15, -0.1) is 0 Å². The van der Waals surface area contributed by atoms with E-state index < -0.39 is 0 Å². The standard InChI is InChI=1S/C25H32N8O/c1-15-13-32(20(10-26)16(15)2)18-5-6-21(27-12-18)30-24-28-11-17-9-19-23(34)29-14-25(7-3-4-8-25)33(19)22(17)31-24/h5-6,9,11-12,15-16,20H,3-4,7-8,10,13-14,26H2,1-2H3,(H,29,34)(H,27,28,30,31)/t15?,16-,20?/m0/s1. The largest absolute Gasteiger partial charge is 0.365 e. The van der Waals surface area contributed by atoms with Gasteiger partial charge in [0.2, 0.25) is 5.95 Å². The number of aromatic nitrogens is 4. The minimum Gasteiger partial charge on any atom is -0.365 e. The van der Waals surface area contributed by atoms with Gasteiger partial charge < -0.3 is 25.8 Å². The molecule has 9 heteroatoms.